The van der Waals surface area contributed by atoms with Crippen molar-refractivity contribution in [3.8, 4) is 5.75 Å². The second-order valence-corrected chi connectivity index (χ2v) is 6.81. The van der Waals surface area contributed by atoms with Crippen LogP contribution in [-0.2, 0) is 11.3 Å². The van der Waals surface area contributed by atoms with Crippen molar-refractivity contribution in [1.82, 2.24) is 5.32 Å². The Bertz CT molecular complexity index is 490. The molecule has 1 fully saturated rings. The number of carbonyl (C=O) groups excluding carboxylic acids is 1. The molecule has 1 amide bonds. The van der Waals surface area contributed by atoms with Crippen molar-refractivity contribution in [2.24, 2.45) is 0 Å². The van der Waals surface area contributed by atoms with Crippen LogP contribution in [0.3, 0.4) is 0 Å². The lowest BCUT2D eigenvalue weighted by atomic mass is 10.1. The second-order valence-electron chi connectivity index (χ2n) is 6.81. The summed E-state index contributed by atoms with van der Waals surface area (Å²) in [6.07, 6.45) is 5.07. The summed E-state index contributed by atoms with van der Waals surface area (Å²) < 4.78 is 5.93. The molecule has 1 aromatic rings. The molecule has 1 aromatic carbocycles. The van der Waals surface area contributed by atoms with Crippen LogP contribution in [0.4, 0.5) is 0 Å². The SMILES string of the molecule is COc1ccc(CNC(=O)[C@H](C)[N+](C)(C)C2CCCC2)cc1. The van der Waals surface area contributed by atoms with Gasteiger partial charge in [0.05, 0.1) is 27.2 Å². The first-order valence-electron chi connectivity index (χ1n) is 8.19. The molecule has 0 unspecified atom stereocenters. The Morgan fingerprint density at radius 1 is 1.27 bits per heavy atom. The summed E-state index contributed by atoms with van der Waals surface area (Å²) in [5.74, 6) is 0.968. The van der Waals surface area contributed by atoms with E-state index in [1.165, 1.54) is 25.7 Å². The third-order valence-corrected chi connectivity index (χ3v) is 5.27. The van der Waals surface area contributed by atoms with Gasteiger partial charge < -0.3 is 14.5 Å². The molecule has 0 spiro atoms. The van der Waals surface area contributed by atoms with Gasteiger partial charge in [0, 0.05) is 6.54 Å². The molecule has 0 bridgehead atoms. The second kappa shape index (κ2) is 7.14. The van der Waals surface area contributed by atoms with E-state index >= 15 is 0 Å². The maximum Gasteiger partial charge on any atom is 0.278 e. The lowest BCUT2D eigenvalue weighted by Gasteiger charge is -2.40. The molecule has 122 valence electrons. The van der Waals surface area contributed by atoms with E-state index < -0.39 is 0 Å². The Morgan fingerprint density at radius 3 is 2.41 bits per heavy atom. The van der Waals surface area contributed by atoms with E-state index in [0.29, 0.717) is 12.6 Å². The van der Waals surface area contributed by atoms with Gasteiger partial charge in [-0.3, -0.25) is 4.79 Å². The summed E-state index contributed by atoms with van der Waals surface area (Å²) >= 11 is 0. The highest BCUT2D eigenvalue weighted by Gasteiger charge is 2.38. The average Bonchev–Trinajstić information content (AvgIpc) is 3.07. The van der Waals surface area contributed by atoms with Crippen LogP contribution < -0.4 is 10.1 Å². The first kappa shape index (κ1) is 16.8. The highest BCUT2D eigenvalue weighted by Crippen LogP contribution is 2.28. The smallest absolute Gasteiger partial charge is 0.278 e. The Balaban J connectivity index is 1.90. The van der Waals surface area contributed by atoms with Gasteiger partial charge in [0.25, 0.3) is 5.91 Å². The van der Waals surface area contributed by atoms with E-state index in [2.05, 4.69) is 19.4 Å². The number of nitrogens with zero attached hydrogens (tertiary/aromatic N) is 1. The van der Waals surface area contributed by atoms with Crippen LogP contribution in [-0.4, -0.2) is 43.7 Å². The van der Waals surface area contributed by atoms with E-state index in [4.69, 9.17) is 4.74 Å². The van der Waals surface area contributed by atoms with Gasteiger partial charge in [0.1, 0.15) is 5.75 Å². The number of likely N-dealkylation sites (N-methyl/N-ethyl adjacent to an activating group) is 1. The highest BCUT2D eigenvalue weighted by atomic mass is 16.5. The number of nitrogens with one attached hydrogen (secondary N) is 1. The van der Waals surface area contributed by atoms with Gasteiger partial charge in [0.15, 0.2) is 6.04 Å². The highest BCUT2D eigenvalue weighted by molar-refractivity contribution is 5.80. The summed E-state index contributed by atoms with van der Waals surface area (Å²) in [4.78, 5) is 12.5. The number of benzene rings is 1. The number of rotatable bonds is 6. The Kier molecular flexibility index (Phi) is 5.46. The number of methoxy groups -OCH3 is 1. The number of carbonyl (C=O) groups is 1. The number of ether oxygens (including phenoxy) is 1. The minimum absolute atomic E-state index is 0.0265. The molecule has 1 saturated carbocycles. The molecule has 0 heterocycles. The van der Waals surface area contributed by atoms with Crippen molar-refractivity contribution in [3.63, 3.8) is 0 Å². The molecular formula is C18H29N2O2+. The van der Waals surface area contributed by atoms with E-state index in [1.54, 1.807) is 7.11 Å². The molecule has 0 aliphatic heterocycles. The van der Waals surface area contributed by atoms with Crippen molar-refractivity contribution in [2.75, 3.05) is 21.2 Å². The van der Waals surface area contributed by atoms with Crippen LogP contribution in [0.2, 0.25) is 0 Å². The normalized spacial score (nSPS) is 17.3. The first-order chi connectivity index (χ1) is 10.4. The Morgan fingerprint density at radius 2 is 1.86 bits per heavy atom. The van der Waals surface area contributed by atoms with E-state index in [1.807, 2.05) is 31.2 Å². The standard InChI is InChI=1S/C18H28N2O2/c1-14(20(2,3)16-7-5-6-8-16)18(21)19-13-15-9-11-17(22-4)12-10-15/h9-12,14,16H,5-8,13H2,1-4H3/p+1/t14-/m0/s1. The Labute approximate surface area is 134 Å². The molecule has 0 aromatic heterocycles. The summed E-state index contributed by atoms with van der Waals surface area (Å²) in [6.45, 7) is 2.61. The fourth-order valence-corrected chi connectivity index (χ4v) is 3.27. The van der Waals surface area contributed by atoms with Gasteiger partial charge in [-0.1, -0.05) is 12.1 Å². The zero-order valence-corrected chi connectivity index (χ0v) is 14.3. The number of quaternary nitrogens is 1. The molecular weight excluding hydrogens is 276 g/mol. The lowest BCUT2D eigenvalue weighted by Crippen LogP contribution is -2.59. The number of amides is 1. The molecule has 22 heavy (non-hydrogen) atoms. The van der Waals surface area contributed by atoms with Gasteiger partial charge in [-0.15, -0.1) is 0 Å². The summed E-state index contributed by atoms with van der Waals surface area (Å²) in [5, 5.41) is 3.07. The Hall–Kier alpha value is -1.55. The van der Waals surface area contributed by atoms with Crippen molar-refractivity contribution in [1.29, 1.82) is 0 Å². The van der Waals surface area contributed by atoms with Crippen molar-refractivity contribution in [2.45, 2.75) is 51.2 Å². The fraction of sp³-hybridized carbons (Fsp3) is 0.611. The monoisotopic (exact) mass is 305 g/mol. The topological polar surface area (TPSA) is 38.3 Å². The van der Waals surface area contributed by atoms with Crippen LogP contribution in [0.25, 0.3) is 0 Å². The van der Waals surface area contributed by atoms with Gasteiger partial charge in [-0.25, -0.2) is 0 Å². The molecule has 0 saturated heterocycles. The summed E-state index contributed by atoms with van der Waals surface area (Å²) in [7, 11) is 6.03. The van der Waals surface area contributed by atoms with Crippen molar-refractivity contribution in [3.05, 3.63) is 29.8 Å². The first-order valence-corrected chi connectivity index (χ1v) is 8.19. The zero-order valence-electron chi connectivity index (χ0n) is 14.3. The maximum atomic E-state index is 12.5. The van der Waals surface area contributed by atoms with Crippen LogP contribution in [0.5, 0.6) is 5.75 Å². The van der Waals surface area contributed by atoms with E-state index in [9.17, 15) is 4.79 Å². The predicted molar refractivity (Wildman–Crippen MR) is 88.7 cm³/mol. The van der Waals surface area contributed by atoms with E-state index in [0.717, 1.165) is 15.8 Å². The molecule has 1 N–H and O–H groups in total. The molecule has 4 heteroatoms. The quantitative estimate of drug-likeness (QED) is 0.821. The molecule has 2 rings (SSSR count). The van der Waals surface area contributed by atoms with Crippen LogP contribution in [0.15, 0.2) is 24.3 Å². The van der Waals surface area contributed by atoms with Gasteiger partial charge in [-0.05, 0) is 50.3 Å². The third kappa shape index (κ3) is 3.80. The molecule has 4 nitrogen and oxygen atoms in total. The maximum absolute atomic E-state index is 12.5. The van der Waals surface area contributed by atoms with Crippen LogP contribution >= 0.6 is 0 Å². The van der Waals surface area contributed by atoms with Crippen molar-refractivity contribution >= 4 is 5.91 Å². The van der Waals surface area contributed by atoms with Gasteiger partial charge >= 0.3 is 0 Å². The molecule has 1 aliphatic rings. The largest absolute Gasteiger partial charge is 0.497 e. The fourth-order valence-electron chi connectivity index (χ4n) is 3.27. The van der Waals surface area contributed by atoms with Crippen LogP contribution in [0, 0.1) is 0 Å². The average molecular weight is 305 g/mol. The van der Waals surface area contributed by atoms with Gasteiger partial charge in [-0.2, -0.15) is 0 Å². The minimum atomic E-state index is -0.0265. The lowest BCUT2D eigenvalue weighted by molar-refractivity contribution is -0.927. The van der Waals surface area contributed by atoms with Crippen molar-refractivity contribution < 1.29 is 14.0 Å². The summed E-state index contributed by atoms with van der Waals surface area (Å²) in [5.41, 5.74) is 1.09. The van der Waals surface area contributed by atoms with E-state index in [-0.39, 0.29) is 11.9 Å². The molecule has 1 aliphatic carbocycles. The van der Waals surface area contributed by atoms with Crippen LogP contribution in [0.1, 0.15) is 38.2 Å². The van der Waals surface area contributed by atoms with Gasteiger partial charge in [0.2, 0.25) is 0 Å². The zero-order chi connectivity index (χ0) is 16.2. The summed E-state index contributed by atoms with van der Waals surface area (Å²) in [6, 6.07) is 8.40. The minimum Gasteiger partial charge on any atom is -0.497 e. The molecule has 0 radical (unpaired) electrons. The predicted octanol–water partition coefficient (Wildman–Crippen LogP) is 2.72. The number of hydrogen-bond acceptors (Lipinski definition) is 2. The molecule has 1 atom stereocenters. The third-order valence-electron chi connectivity index (χ3n) is 5.27. The number of hydrogen-bond donors (Lipinski definition) is 1.